The second-order valence-electron chi connectivity index (χ2n) is 7.24. The summed E-state index contributed by atoms with van der Waals surface area (Å²) in [6, 6.07) is -0.524. The topological polar surface area (TPSA) is 118 Å². The monoisotopic (exact) mass is 410 g/mol. The summed E-state index contributed by atoms with van der Waals surface area (Å²) >= 11 is 0. The average Bonchev–Trinajstić information content (AvgIpc) is 3.06. The lowest BCUT2D eigenvalue weighted by Gasteiger charge is -2.23. The van der Waals surface area contributed by atoms with Gasteiger partial charge in [-0.2, -0.15) is 18.3 Å². The van der Waals surface area contributed by atoms with Crippen LogP contribution in [0.25, 0.3) is 0 Å². The van der Waals surface area contributed by atoms with E-state index in [0.29, 0.717) is 4.68 Å². The molecule has 1 N–H and O–H groups in total. The van der Waals surface area contributed by atoms with Gasteiger partial charge in [0.05, 0.1) is 30.8 Å². The van der Waals surface area contributed by atoms with Crippen LogP contribution in [0.2, 0.25) is 0 Å². The Kier molecular flexibility index (Phi) is 6.06. The minimum absolute atomic E-state index is 0.147. The van der Waals surface area contributed by atoms with Crippen molar-refractivity contribution in [3.8, 4) is 5.88 Å². The van der Waals surface area contributed by atoms with Crippen LogP contribution in [0.3, 0.4) is 0 Å². The SMILES string of the molecule is Cn1nc(C(F)(F)F)c([N+](=O)[O-])c1OC[C@@H]1COC[C@H]1NC(=O)OC(C)(C)C. The summed E-state index contributed by atoms with van der Waals surface area (Å²) in [6.45, 7) is 5.15. The Morgan fingerprint density at radius 2 is 2.04 bits per heavy atom. The normalized spacial score (nSPS) is 20.1. The lowest BCUT2D eigenvalue weighted by molar-refractivity contribution is -0.389. The number of hydrogen-bond acceptors (Lipinski definition) is 7. The number of nitrogens with zero attached hydrogens (tertiary/aromatic N) is 3. The van der Waals surface area contributed by atoms with Crippen LogP contribution in [0.1, 0.15) is 26.5 Å². The van der Waals surface area contributed by atoms with Crippen LogP contribution in [0, 0.1) is 16.0 Å². The highest BCUT2D eigenvalue weighted by molar-refractivity contribution is 5.68. The molecule has 28 heavy (non-hydrogen) atoms. The number of rotatable bonds is 5. The molecule has 0 unspecified atom stereocenters. The molecular weight excluding hydrogens is 389 g/mol. The molecule has 1 amide bonds. The van der Waals surface area contributed by atoms with Gasteiger partial charge in [0.1, 0.15) is 5.60 Å². The molecule has 2 atom stereocenters. The molecule has 10 nitrogen and oxygen atoms in total. The molecule has 1 aliphatic heterocycles. The number of aromatic nitrogens is 2. The average molecular weight is 410 g/mol. The van der Waals surface area contributed by atoms with Gasteiger partial charge in [0.15, 0.2) is 0 Å². The Bertz CT molecular complexity index is 743. The molecule has 1 fully saturated rings. The molecule has 0 radical (unpaired) electrons. The van der Waals surface area contributed by atoms with Crippen molar-refractivity contribution < 1.29 is 37.1 Å². The zero-order valence-corrected chi connectivity index (χ0v) is 15.7. The fourth-order valence-electron chi connectivity index (χ4n) is 2.58. The number of halogens is 3. The first-order chi connectivity index (χ1) is 12.8. The van der Waals surface area contributed by atoms with Crippen molar-refractivity contribution in [1.82, 2.24) is 15.1 Å². The van der Waals surface area contributed by atoms with E-state index < -0.39 is 52.0 Å². The number of amides is 1. The quantitative estimate of drug-likeness (QED) is 0.584. The van der Waals surface area contributed by atoms with Gasteiger partial charge in [0.25, 0.3) is 5.88 Å². The molecule has 2 rings (SSSR count). The van der Waals surface area contributed by atoms with Crippen molar-refractivity contribution in [1.29, 1.82) is 0 Å². The first-order valence-electron chi connectivity index (χ1n) is 8.28. The van der Waals surface area contributed by atoms with Gasteiger partial charge in [-0.25, -0.2) is 9.48 Å². The summed E-state index contributed by atoms with van der Waals surface area (Å²) in [4.78, 5) is 21.8. The summed E-state index contributed by atoms with van der Waals surface area (Å²) in [5, 5.41) is 16.9. The molecular formula is C15H21F3N4O6. The zero-order valence-electron chi connectivity index (χ0n) is 15.7. The maximum atomic E-state index is 13.0. The van der Waals surface area contributed by atoms with E-state index in [1.165, 1.54) is 0 Å². The predicted molar refractivity (Wildman–Crippen MR) is 87.8 cm³/mol. The molecule has 0 aliphatic carbocycles. The fourth-order valence-corrected chi connectivity index (χ4v) is 2.58. The van der Waals surface area contributed by atoms with Gasteiger partial charge < -0.3 is 19.5 Å². The van der Waals surface area contributed by atoms with Crippen LogP contribution in [-0.4, -0.2) is 52.3 Å². The van der Waals surface area contributed by atoms with Crippen molar-refractivity contribution in [2.24, 2.45) is 13.0 Å². The third kappa shape index (κ3) is 5.24. The summed E-state index contributed by atoms with van der Waals surface area (Å²) in [6.07, 6.45) is -5.68. The third-order valence-electron chi connectivity index (χ3n) is 3.76. The van der Waals surface area contributed by atoms with E-state index in [9.17, 15) is 28.1 Å². The largest absolute Gasteiger partial charge is 0.472 e. The number of carbonyl (C=O) groups excluding carboxylic acids is 1. The summed E-state index contributed by atoms with van der Waals surface area (Å²) in [5.41, 5.74) is -3.61. The molecule has 1 saturated heterocycles. The minimum atomic E-state index is -5.00. The molecule has 0 saturated carbocycles. The van der Waals surface area contributed by atoms with E-state index in [1.807, 2.05) is 0 Å². The van der Waals surface area contributed by atoms with Crippen molar-refractivity contribution in [3.05, 3.63) is 15.8 Å². The van der Waals surface area contributed by atoms with Gasteiger partial charge in [-0.1, -0.05) is 0 Å². The van der Waals surface area contributed by atoms with Gasteiger partial charge >= 0.3 is 18.0 Å². The standard InChI is InChI=1S/C15H21F3N4O6/c1-14(2,3)28-13(23)19-9-7-26-5-8(9)6-27-12-10(22(24)25)11(15(16,17)18)20-21(12)4/h8-9H,5-7H2,1-4H3,(H,19,23)/t8-,9+/m0/s1. The number of alkyl carbamates (subject to hydrolysis) is 1. The Balaban J connectivity index is 2.10. The smallest absolute Gasteiger partial charge is 0.442 e. The predicted octanol–water partition coefficient (Wildman–Crippen LogP) is 2.27. The highest BCUT2D eigenvalue weighted by atomic mass is 19.4. The van der Waals surface area contributed by atoms with Gasteiger partial charge in [-0.05, 0) is 20.8 Å². The maximum Gasteiger partial charge on any atom is 0.442 e. The van der Waals surface area contributed by atoms with Crippen molar-refractivity contribution in [2.75, 3.05) is 19.8 Å². The number of nitrogens with one attached hydrogen (secondary N) is 1. The van der Waals surface area contributed by atoms with E-state index in [4.69, 9.17) is 14.2 Å². The van der Waals surface area contributed by atoms with Crippen LogP contribution < -0.4 is 10.1 Å². The highest BCUT2D eigenvalue weighted by Gasteiger charge is 2.46. The summed E-state index contributed by atoms with van der Waals surface area (Å²) in [5.74, 6) is -1.07. The van der Waals surface area contributed by atoms with E-state index >= 15 is 0 Å². The number of ether oxygens (including phenoxy) is 3. The number of alkyl halides is 3. The second kappa shape index (κ2) is 7.81. The Hall–Kier alpha value is -2.57. The third-order valence-corrected chi connectivity index (χ3v) is 3.76. The van der Waals surface area contributed by atoms with Gasteiger partial charge in [0, 0.05) is 13.0 Å². The van der Waals surface area contributed by atoms with Crippen LogP contribution in [0.5, 0.6) is 5.88 Å². The first-order valence-corrected chi connectivity index (χ1v) is 8.28. The number of nitro groups is 1. The molecule has 2 heterocycles. The zero-order chi connectivity index (χ0) is 21.3. The Morgan fingerprint density at radius 3 is 2.57 bits per heavy atom. The van der Waals surface area contributed by atoms with Crippen LogP contribution in [-0.2, 0) is 22.7 Å². The van der Waals surface area contributed by atoms with Crippen LogP contribution in [0.4, 0.5) is 23.7 Å². The molecule has 0 bridgehead atoms. The first kappa shape index (κ1) is 21.7. The summed E-state index contributed by atoms with van der Waals surface area (Å²) in [7, 11) is 1.11. The van der Waals surface area contributed by atoms with E-state index in [0.717, 1.165) is 7.05 Å². The molecule has 1 aromatic rings. The lowest BCUT2D eigenvalue weighted by Crippen LogP contribution is -2.44. The maximum absolute atomic E-state index is 13.0. The lowest BCUT2D eigenvalue weighted by atomic mass is 10.1. The molecule has 0 spiro atoms. The highest BCUT2D eigenvalue weighted by Crippen LogP contribution is 2.40. The molecule has 1 aliphatic rings. The van der Waals surface area contributed by atoms with Crippen molar-refractivity contribution in [2.45, 2.75) is 38.6 Å². The molecule has 1 aromatic heterocycles. The number of hydrogen-bond donors (Lipinski definition) is 1. The molecule has 13 heteroatoms. The molecule has 0 aromatic carbocycles. The summed E-state index contributed by atoms with van der Waals surface area (Å²) < 4.78 is 55.3. The number of carbonyl (C=O) groups is 1. The van der Waals surface area contributed by atoms with Crippen molar-refractivity contribution in [3.63, 3.8) is 0 Å². The Labute approximate surface area is 158 Å². The van der Waals surface area contributed by atoms with Gasteiger partial charge in [-0.15, -0.1) is 0 Å². The van der Waals surface area contributed by atoms with E-state index in [-0.39, 0.29) is 19.8 Å². The van der Waals surface area contributed by atoms with Gasteiger partial charge in [-0.3, -0.25) is 10.1 Å². The molecule has 158 valence electrons. The van der Waals surface area contributed by atoms with Crippen LogP contribution in [0.15, 0.2) is 0 Å². The minimum Gasteiger partial charge on any atom is -0.472 e. The van der Waals surface area contributed by atoms with Gasteiger partial charge in [0.2, 0.25) is 5.69 Å². The van der Waals surface area contributed by atoms with E-state index in [2.05, 4.69) is 10.4 Å². The van der Waals surface area contributed by atoms with Crippen LogP contribution >= 0.6 is 0 Å². The number of aryl methyl sites for hydroxylation is 1. The van der Waals surface area contributed by atoms with E-state index in [1.54, 1.807) is 20.8 Å². The van der Waals surface area contributed by atoms with Crippen molar-refractivity contribution >= 4 is 11.8 Å². The fraction of sp³-hybridized carbons (Fsp3) is 0.733. The Morgan fingerprint density at radius 1 is 1.39 bits per heavy atom. The second-order valence-corrected chi connectivity index (χ2v) is 7.24.